The molecule has 0 heterocycles. The first-order chi connectivity index (χ1) is 17.4. The van der Waals surface area contributed by atoms with E-state index < -0.39 is 28.7 Å². The molecule has 3 N–H and O–H groups in total. The minimum Gasteiger partial charge on any atom is -0.497 e. The molecule has 0 spiro atoms. The number of nitrogens with zero attached hydrogens (tertiary/aromatic N) is 1. The molecule has 0 saturated carbocycles. The molecule has 0 fully saturated rings. The van der Waals surface area contributed by atoms with Crippen molar-refractivity contribution in [2.75, 3.05) is 33.7 Å². The number of hydrogen-bond donors (Lipinski definition) is 3. The highest BCUT2D eigenvalue weighted by atomic mass is 16.7. The van der Waals surface area contributed by atoms with Crippen LogP contribution in [-0.2, 0) is 14.3 Å². The first-order valence-electron chi connectivity index (χ1n) is 11.3. The molecule has 0 radical (unpaired) electrons. The molecular formula is C24H31N3O9. The summed E-state index contributed by atoms with van der Waals surface area (Å²) in [5.41, 5.74) is 1.73. The zero-order valence-corrected chi connectivity index (χ0v) is 20.2. The lowest BCUT2D eigenvalue weighted by Gasteiger charge is -2.23. The summed E-state index contributed by atoms with van der Waals surface area (Å²) in [6, 6.07) is 11.5. The Bertz CT molecular complexity index is 985. The highest BCUT2D eigenvalue weighted by Gasteiger charge is 2.25. The highest BCUT2D eigenvalue weighted by molar-refractivity contribution is 5.94. The Hall–Kier alpha value is -3.74. The second-order valence-corrected chi connectivity index (χ2v) is 7.68. The fraction of sp³-hybridized carbons (Fsp3) is 0.417. The first kappa shape index (κ1) is 28.5. The lowest BCUT2D eigenvalue weighted by atomic mass is 9.96. The minimum absolute atomic E-state index is 0.00375. The quantitative estimate of drug-likeness (QED) is 0.102. The summed E-state index contributed by atoms with van der Waals surface area (Å²) < 4.78 is 21.5. The summed E-state index contributed by atoms with van der Waals surface area (Å²) in [6.45, 7) is 2.44. The van der Waals surface area contributed by atoms with Gasteiger partial charge in [0, 0.05) is 36.3 Å². The molecule has 0 aliphatic heterocycles. The van der Waals surface area contributed by atoms with Crippen LogP contribution in [0.25, 0.3) is 0 Å². The molecule has 12 heteroatoms. The van der Waals surface area contributed by atoms with Crippen LogP contribution in [0.2, 0.25) is 0 Å². The van der Waals surface area contributed by atoms with Gasteiger partial charge in [-0.3, -0.25) is 24.9 Å². The molecular weight excluding hydrogens is 474 g/mol. The van der Waals surface area contributed by atoms with Gasteiger partial charge in [0.2, 0.25) is 5.91 Å². The lowest BCUT2D eigenvalue weighted by molar-refractivity contribution is -0.384. The molecule has 2 aromatic rings. The van der Waals surface area contributed by atoms with Gasteiger partial charge in [0.15, 0.2) is 0 Å². The van der Waals surface area contributed by atoms with Crippen molar-refractivity contribution < 1.29 is 38.7 Å². The fourth-order valence-electron chi connectivity index (χ4n) is 3.31. The van der Waals surface area contributed by atoms with Gasteiger partial charge in [-0.05, 0) is 44.0 Å². The van der Waals surface area contributed by atoms with Crippen LogP contribution in [0.1, 0.15) is 30.1 Å². The molecule has 2 aromatic carbocycles. The molecule has 36 heavy (non-hydrogen) atoms. The smallest absolute Gasteiger partial charge is 0.269 e. The van der Waals surface area contributed by atoms with Crippen molar-refractivity contribution >= 4 is 17.5 Å². The topological polar surface area (TPSA) is 158 Å². The van der Waals surface area contributed by atoms with Crippen molar-refractivity contribution in [1.29, 1.82) is 0 Å². The number of non-ortho nitro benzene ring substituents is 1. The van der Waals surface area contributed by atoms with E-state index in [1.165, 1.54) is 24.3 Å². The van der Waals surface area contributed by atoms with E-state index in [-0.39, 0.29) is 44.1 Å². The van der Waals surface area contributed by atoms with Crippen LogP contribution >= 0.6 is 0 Å². The number of methoxy groups -OCH3 is 1. The SMILES string of the molecule is CCOCOC[C@H](C[C@H](CCOc1cccc(OC)c1)C(=O)NO)NC(=O)c1ccc([N+](=O)[O-])cc1. The van der Waals surface area contributed by atoms with Crippen LogP contribution in [0.3, 0.4) is 0 Å². The maximum Gasteiger partial charge on any atom is 0.269 e. The molecule has 0 saturated heterocycles. The standard InChI is InChI=1S/C24H31N3O9/c1-3-34-16-35-15-19(25-23(28)17-7-9-20(10-8-17)27(31)32)13-18(24(29)26-30)11-12-36-22-6-4-5-21(14-22)33-2/h4-10,14,18-19,30H,3,11-13,15-16H2,1-2H3,(H,25,28)(H,26,29)/t18-,19-/m0/s1. The minimum atomic E-state index is -0.724. The Kier molecular flexibility index (Phi) is 12.1. The number of rotatable bonds is 16. The van der Waals surface area contributed by atoms with Gasteiger partial charge >= 0.3 is 0 Å². The summed E-state index contributed by atoms with van der Waals surface area (Å²) in [5.74, 6) is -0.675. The van der Waals surface area contributed by atoms with Gasteiger partial charge in [-0.2, -0.15) is 0 Å². The van der Waals surface area contributed by atoms with E-state index in [0.717, 1.165) is 0 Å². The summed E-state index contributed by atoms with van der Waals surface area (Å²) in [4.78, 5) is 35.4. The van der Waals surface area contributed by atoms with E-state index >= 15 is 0 Å². The molecule has 2 atom stereocenters. The van der Waals surface area contributed by atoms with Crippen LogP contribution in [0.4, 0.5) is 5.69 Å². The Morgan fingerprint density at radius 1 is 1.11 bits per heavy atom. The van der Waals surface area contributed by atoms with Gasteiger partial charge in [0.05, 0.1) is 31.3 Å². The number of nitro groups is 1. The van der Waals surface area contributed by atoms with Gasteiger partial charge < -0.3 is 24.3 Å². The van der Waals surface area contributed by atoms with Crippen LogP contribution in [0.15, 0.2) is 48.5 Å². The normalized spacial score (nSPS) is 12.3. The van der Waals surface area contributed by atoms with E-state index in [0.29, 0.717) is 18.1 Å². The van der Waals surface area contributed by atoms with E-state index in [1.807, 2.05) is 0 Å². The molecule has 2 rings (SSSR count). The summed E-state index contributed by atoms with van der Waals surface area (Å²) >= 11 is 0. The molecule has 196 valence electrons. The predicted molar refractivity (Wildman–Crippen MR) is 128 cm³/mol. The number of benzene rings is 2. The van der Waals surface area contributed by atoms with Gasteiger partial charge in [-0.25, -0.2) is 5.48 Å². The Labute approximate surface area is 208 Å². The van der Waals surface area contributed by atoms with E-state index in [1.54, 1.807) is 43.8 Å². The number of amides is 2. The van der Waals surface area contributed by atoms with Crippen LogP contribution in [-0.4, -0.2) is 61.7 Å². The average molecular weight is 506 g/mol. The van der Waals surface area contributed by atoms with Gasteiger partial charge in [0.1, 0.15) is 18.3 Å². The molecule has 0 aliphatic rings. The van der Waals surface area contributed by atoms with E-state index in [4.69, 9.17) is 18.9 Å². The number of nitro benzene ring substituents is 1. The van der Waals surface area contributed by atoms with Crippen molar-refractivity contribution in [2.45, 2.75) is 25.8 Å². The largest absolute Gasteiger partial charge is 0.497 e. The van der Waals surface area contributed by atoms with Crippen molar-refractivity contribution in [3.05, 3.63) is 64.2 Å². The number of hydrogen-bond acceptors (Lipinski definition) is 9. The van der Waals surface area contributed by atoms with Gasteiger partial charge in [-0.15, -0.1) is 0 Å². The van der Waals surface area contributed by atoms with Gasteiger partial charge in [-0.1, -0.05) is 6.07 Å². The summed E-state index contributed by atoms with van der Waals surface area (Å²) in [7, 11) is 1.54. The number of ether oxygens (including phenoxy) is 4. The molecule has 0 bridgehead atoms. The zero-order valence-electron chi connectivity index (χ0n) is 20.2. The first-order valence-corrected chi connectivity index (χ1v) is 11.3. The molecule has 0 aliphatic carbocycles. The Morgan fingerprint density at radius 2 is 1.83 bits per heavy atom. The highest BCUT2D eigenvalue weighted by Crippen LogP contribution is 2.20. The Morgan fingerprint density at radius 3 is 2.47 bits per heavy atom. The third-order valence-corrected chi connectivity index (χ3v) is 5.19. The van der Waals surface area contributed by atoms with Crippen molar-refractivity contribution in [3.63, 3.8) is 0 Å². The van der Waals surface area contributed by atoms with E-state index in [2.05, 4.69) is 5.32 Å². The summed E-state index contributed by atoms with van der Waals surface area (Å²) in [5, 5.41) is 22.9. The third-order valence-electron chi connectivity index (χ3n) is 5.19. The van der Waals surface area contributed by atoms with Crippen molar-refractivity contribution in [1.82, 2.24) is 10.8 Å². The average Bonchev–Trinajstić information content (AvgIpc) is 2.90. The molecule has 0 unspecified atom stereocenters. The fourth-order valence-corrected chi connectivity index (χ4v) is 3.31. The lowest BCUT2D eigenvalue weighted by Crippen LogP contribution is -2.42. The molecule has 2 amide bonds. The molecule has 0 aromatic heterocycles. The van der Waals surface area contributed by atoms with Crippen LogP contribution in [0, 0.1) is 16.0 Å². The number of carbonyl (C=O) groups excluding carboxylic acids is 2. The van der Waals surface area contributed by atoms with Crippen LogP contribution in [0.5, 0.6) is 11.5 Å². The van der Waals surface area contributed by atoms with Crippen molar-refractivity contribution in [3.8, 4) is 11.5 Å². The number of carbonyl (C=O) groups is 2. The van der Waals surface area contributed by atoms with Gasteiger partial charge in [0.25, 0.3) is 11.6 Å². The number of hydroxylamine groups is 1. The third kappa shape index (κ3) is 9.49. The summed E-state index contributed by atoms with van der Waals surface area (Å²) in [6.07, 6.45) is 0.359. The maximum atomic E-state index is 12.8. The Balaban J connectivity index is 2.06. The second-order valence-electron chi connectivity index (χ2n) is 7.68. The monoisotopic (exact) mass is 505 g/mol. The number of nitrogens with one attached hydrogen (secondary N) is 2. The maximum absolute atomic E-state index is 12.8. The van der Waals surface area contributed by atoms with E-state index in [9.17, 15) is 24.9 Å². The zero-order chi connectivity index (χ0) is 26.3. The molecule has 12 nitrogen and oxygen atoms in total. The predicted octanol–water partition coefficient (Wildman–Crippen LogP) is 2.69. The van der Waals surface area contributed by atoms with Crippen molar-refractivity contribution in [2.24, 2.45) is 5.92 Å². The second kappa shape index (κ2) is 15.3. The van der Waals surface area contributed by atoms with Crippen LogP contribution < -0.4 is 20.3 Å².